The van der Waals surface area contributed by atoms with Crippen LogP contribution in [0.3, 0.4) is 0 Å². The van der Waals surface area contributed by atoms with E-state index < -0.39 is 0 Å². The predicted molar refractivity (Wildman–Crippen MR) is 106 cm³/mol. The summed E-state index contributed by atoms with van der Waals surface area (Å²) in [6.07, 6.45) is 14.6. The molecule has 3 heteroatoms. The molecule has 7 atom stereocenters. The third-order valence-corrected chi connectivity index (χ3v) is 9.10. The van der Waals surface area contributed by atoms with Crippen LogP contribution < -0.4 is 0 Å². The molecule has 0 spiro atoms. The summed E-state index contributed by atoms with van der Waals surface area (Å²) in [6.45, 7) is 4.99. The second-order valence-electron chi connectivity index (χ2n) is 9.95. The molecule has 3 saturated carbocycles. The first-order valence-electron chi connectivity index (χ1n) is 10.4. The largest absolute Gasteiger partial charge is 0.393 e. The molecule has 4 aliphatic carbocycles. The molecule has 140 valence electrons. The first-order chi connectivity index (χ1) is 12.4. The van der Waals surface area contributed by atoms with E-state index in [2.05, 4.69) is 31.0 Å². The van der Waals surface area contributed by atoms with Crippen molar-refractivity contribution >= 4 is 17.2 Å². The molecular weight excluding hydrogens is 342 g/mol. The van der Waals surface area contributed by atoms with Gasteiger partial charge in [0.15, 0.2) is 0 Å². The van der Waals surface area contributed by atoms with Crippen LogP contribution in [0.25, 0.3) is 5.57 Å². The molecule has 0 aliphatic heterocycles. The second kappa shape index (κ2) is 5.82. The van der Waals surface area contributed by atoms with E-state index in [1.807, 2.05) is 6.20 Å². The molecule has 3 fully saturated rings. The third-order valence-electron chi connectivity index (χ3n) is 8.89. The molecule has 1 aromatic heterocycles. The lowest BCUT2D eigenvalue weighted by molar-refractivity contribution is -0.0657. The van der Waals surface area contributed by atoms with Gasteiger partial charge in [-0.05, 0) is 96.7 Å². The van der Waals surface area contributed by atoms with Crippen molar-refractivity contribution in [3.63, 3.8) is 0 Å². The number of aliphatic hydroxyl groups is 1. The fraction of sp³-hybridized carbons (Fsp3) is 0.696. The Balaban J connectivity index is 1.46. The van der Waals surface area contributed by atoms with Crippen LogP contribution in [0.15, 0.2) is 24.5 Å². The van der Waals surface area contributed by atoms with Gasteiger partial charge in [-0.25, -0.2) is 0 Å². The standard InChI is InChI=1S/C23H30ClNO/c1-22-8-7-21-18(4-3-15-10-17(26)11-23(15,21)2)20(22)6-5-19(22)14-9-16(24)13-25-12-14/h5,9,12-13,15,17-18,20-21,26H,3-4,6-8,10-11H2,1-2H3/t15?,17?,18?,20?,21?,22-,23+/m1/s1. The minimum Gasteiger partial charge on any atom is -0.393 e. The van der Waals surface area contributed by atoms with Crippen molar-refractivity contribution < 1.29 is 5.11 Å². The summed E-state index contributed by atoms with van der Waals surface area (Å²) in [4.78, 5) is 4.34. The Labute approximate surface area is 162 Å². The number of pyridine rings is 1. The highest BCUT2D eigenvalue weighted by Crippen LogP contribution is 2.68. The summed E-state index contributed by atoms with van der Waals surface area (Å²) in [5, 5.41) is 11.1. The van der Waals surface area contributed by atoms with Crippen LogP contribution in [0.5, 0.6) is 0 Å². The van der Waals surface area contributed by atoms with Gasteiger partial charge < -0.3 is 5.11 Å². The number of allylic oxidation sites excluding steroid dienone is 2. The average Bonchev–Trinajstić information content (AvgIpc) is 3.10. The maximum atomic E-state index is 10.3. The smallest absolute Gasteiger partial charge is 0.0595 e. The Morgan fingerprint density at radius 1 is 1.15 bits per heavy atom. The number of rotatable bonds is 1. The van der Waals surface area contributed by atoms with E-state index in [-0.39, 0.29) is 11.5 Å². The van der Waals surface area contributed by atoms with Crippen molar-refractivity contribution in [3.8, 4) is 0 Å². The van der Waals surface area contributed by atoms with E-state index in [1.54, 1.807) is 6.20 Å². The van der Waals surface area contributed by atoms with Crippen LogP contribution in [0.4, 0.5) is 0 Å². The van der Waals surface area contributed by atoms with E-state index in [9.17, 15) is 5.11 Å². The summed E-state index contributed by atoms with van der Waals surface area (Å²) >= 11 is 6.23. The van der Waals surface area contributed by atoms with Crippen molar-refractivity contribution in [1.29, 1.82) is 0 Å². The number of nitrogens with zero attached hydrogens (tertiary/aromatic N) is 1. The zero-order valence-electron chi connectivity index (χ0n) is 15.9. The SMILES string of the molecule is C[C@]12CC(O)CC1CCC1C2CC[C@]2(C)C(c3cncc(Cl)c3)=CCC12. The maximum Gasteiger partial charge on any atom is 0.0595 e. The van der Waals surface area contributed by atoms with Gasteiger partial charge in [0.25, 0.3) is 0 Å². The van der Waals surface area contributed by atoms with E-state index in [4.69, 9.17) is 11.6 Å². The molecule has 26 heavy (non-hydrogen) atoms. The van der Waals surface area contributed by atoms with E-state index in [0.717, 1.165) is 41.5 Å². The Hall–Kier alpha value is -0.860. The number of halogens is 1. The number of aromatic nitrogens is 1. The Bertz CT molecular complexity index is 760. The van der Waals surface area contributed by atoms with Crippen LogP contribution in [-0.2, 0) is 0 Å². The molecule has 0 aromatic carbocycles. The topological polar surface area (TPSA) is 33.1 Å². The van der Waals surface area contributed by atoms with Crippen molar-refractivity contribution in [3.05, 3.63) is 35.1 Å². The molecule has 5 unspecified atom stereocenters. The zero-order chi connectivity index (χ0) is 18.1. The third kappa shape index (κ3) is 2.31. The van der Waals surface area contributed by atoms with Crippen LogP contribution in [0.2, 0.25) is 5.02 Å². The summed E-state index contributed by atoms with van der Waals surface area (Å²) in [6, 6.07) is 2.09. The van der Waals surface area contributed by atoms with E-state index in [1.165, 1.54) is 43.2 Å². The van der Waals surface area contributed by atoms with Gasteiger partial charge in [0.2, 0.25) is 0 Å². The number of hydrogen-bond donors (Lipinski definition) is 1. The number of aliphatic hydroxyl groups excluding tert-OH is 1. The van der Waals surface area contributed by atoms with Crippen molar-refractivity contribution in [1.82, 2.24) is 4.98 Å². The summed E-state index contributed by atoms with van der Waals surface area (Å²) in [5.74, 6) is 3.09. The van der Waals surface area contributed by atoms with Crippen molar-refractivity contribution in [2.24, 2.45) is 34.5 Å². The van der Waals surface area contributed by atoms with Gasteiger partial charge >= 0.3 is 0 Å². The molecule has 0 radical (unpaired) electrons. The molecule has 2 nitrogen and oxygen atoms in total. The highest BCUT2D eigenvalue weighted by molar-refractivity contribution is 6.30. The molecule has 1 N–H and O–H groups in total. The van der Waals surface area contributed by atoms with Crippen molar-refractivity contribution in [2.45, 2.75) is 64.9 Å². The van der Waals surface area contributed by atoms with Crippen LogP contribution in [0, 0.1) is 34.5 Å². The second-order valence-corrected chi connectivity index (χ2v) is 10.4. The lowest BCUT2D eigenvalue weighted by atomic mass is 9.47. The summed E-state index contributed by atoms with van der Waals surface area (Å²) in [7, 11) is 0. The van der Waals surface area contributed by atoms with E-state index in [0.29, 0.717) is 5.41 Å². The Morgan fingerprint density at radius 3 is 2.81 bits per heavy atom. The highest BCUT2D eigenvalue weighted by Gasteiger charge is 2.59. The zero-order valence-corrected chi connectivity index (χ0v) is 16.7. The molecule has 0 bridgehead atoms. The fourth-order valence-electron chi connectivity index (χ4n) is 7.73. The molecule has 5 rings (SSSR count). The Morgan fingerprint density at radius 2 is 2.00 bits per heavy atom. The van der Waals surface area contributed by atoms with Gasteiger partial charge in [0.1, 0.15) is 0 Å². The summed E-state index contributed by atoms with van der Waals surface area (Å²) < 4.78 is 0. The predicted octanol–water partition coefficient (Wildman–Crippen LogP) is 5.74. The van der Waals surface area contributed by atoms with Crippen LogP contribution in [-0.4, -0.2) is 16.2 Å². The lowest BCUT2D eigenvalue weighted by Crippen LogP contribution is -2.49. The monoisotopic (exact) mass is 371 g/mol. The van der Waals surface area contributed by atoms with Crippen LogP contribution in [0.1, 0.15) is 64.4 Å². The van der Waals surface area contributed by atoms with Gasteiger partial charge in [0, 0.05) is 12.4 Å². The van der Waals surface area contributed by atoms with Gasteiger partial charge in [-0.15, -0.1) is 0 Å². The molecule has 0 amide bonds. The quantitative estimate of drug-likeness (QED) is 0.682. The molecule has 1 heterocycles. The average molecular weight is 372 g/mol. The first kappa shape index (κ1) is 17.3. The van der Waals surface area contributed by atoms with Gasteiger partial charge in [-0.2, -0.15) is 0 Å². The van der Waals surface area contributed by atoms with E-state index >= 15 is 0 Å². The fourth-order valence-corrected chi connectivity index (χ4v) is 7.91. The van der Waals surface area contributed by atoms with Gasteiger partial charge in [-0.3, -0.25) is 4.98 Å². The molecule has 4 aliphatic rings. The van der Waals surface area contributed by atoms with Gasteiger partial charge in [0.05, 0.1) is 11.1 Å². The minimum absolute atomic E-state index is 0.0631. The number of hydrogen-bond acceptors (Lipinski definition) is 2. The maximum absolute atomic E-state index is 10.3. The van der Waals surface area contributed by atoms with Gasteiger partial charge in [-0.1, -0.05) is 31.5 Å². The minimum atomic E-state index is -0.0631. The lowest BCUT2D eigenvalue weighted by Gasteiger charge is -2.57. The van der Waals surface area contributed by atoms with Crippen molar-refractivity contribution in [2.75, 3.05) is 0 Å². The molecule has 1 aromatic rings. The molecular formula is C23H30ClNO. The number of fused-ring (bicyclic) bond motifs is 5. The van der Waals surface area contributed by atoms with Crippen LogP contribution >= 0.6 is 11.6 Å². The summed E-state index contributed by atoms with van der Waals surface area (Å²) in [5.41, 5.74) is 3.32. The highest BCUT2D eigenvalue weighted by atomic mass is 35.5. The molecule has 0 saturated heterocycles. The Kier molecular flexibility index (Phi) is 3.86. The normalized spacial score (nSPS) is 47.1. The first-order valence-corrected chi connectivity index (χ1v) is 10.8.